The van der Waals surface area contributed by atoms with Gasteiger partial charge in [-0.25, -0.2) is 0 Å². The Labute approximate surface area is 126 Å². The highest BCUT2D eigenvalue weighted by Gasteiger charge is 2.22. The molecule has 1 saturated heterocycles. The normalized spacial score (nSPS) is 22.8. The van der Waals surface area contributed by atoms with Crippen molar-refractivity contribution in [2.45, 2.75) is 31.8 Å². The molecule has 0 aliphatic carbocycles. The summed E-state index contributed by atoms with van der Waals surface area (Å²) < 4.78 is 5.09. The number of amides is 1. The van der Waals surface area contributed by atoms with Crippen LogP contribution in [0.4, 0.5) is 5.69 Å². The van der Waals surface area contributed by atoms with Crippen molar-refractivity contribution in [1.29, 1.82) is 0 Å². The fourth-order valence-corrected chi connectivity index (χ4v) is 2.59. The number of likely N-dealkylation sites (tertiary alicyclic amines) is 1. The van der Waals surface area contributed by atoms with Gasteiger partial charge in [0.15, 0.2) is 0 Å². The Morgan fingerprint density at radius 2 is 2.10 bits per heavy atom. The van der Waals surface area contributed by atoms with Crippen molar-refractivity contribution in [2.75, 3.05) is 32.6 Å². The van der Waals surface area contributed by atoms with Crippen LogP contribution in [0, 0.1) is 0 Å². The molecule has 1 aromatic rings. The summed E-state index contributed by atoms with van der Waals surface area (Å²) in [6.45, 7) is 3.66. The maximum Gasteiger partial charge on any atom is 0.238 e. The first-order chi connectivity index (χ1) is 10.1. The minimum Gasteiger partial charge on any atom is -0.497 e. The van der Waals surface area contributed by atoms with E-state index in [-0.39, 0.29) is 5.91 Å². The lowest BCUT2D eigenvalue weighted by Gasteiger charge is -2.35. The summed E-state index contributed by atoms with van der Waals surface area (Å²) in [4.78, 5) is 14.3. The molecule has 2 rings (SSSR count). The summed E-state index contributed by atoms with van der Waals surface area (Å²) in [5.74, 6) is 0.776. The smallest absolute Gasteiger partial charge is 0.238 e. The van der Waals surface area contributed by atoms with Gasteiger partial charge in [-0.15, -0.1) is 0 Å². The molecule has 1 amide bonds. The van der Waals surface area contributed by atoms with E-state index in [0.717, 1.165) is 30.8 Å². The highest BCUT2D eigenvalue weighted by molar-refractivity contribution is 5.92. The third-order valence-electron chi connectivity index (χ3n) is 4.13. The maximum atomic E-state index is 11.9. The van der Waals surface area contributed by atoms with Gasteiger partial charge in [-0.3, -0.25) is 4.79 Å². The van der Waals surface area contributed by atoms with Crippen molar-refractivity contribution in [3.05, 3.63) is 24.3 Å². The SMILES string of the molecule is COc1ccc(NC(=O)CNC2CCN(C)C(C)C2)cc1. The molecule has 1 aromatic carbocycles. The molecule has 1 fully saturated rings. The van der Waals surface area contributed by atoms with E-state index in [2.05, 4.69) is 29.5 Å². The van der Waals surface area contributed by atoms with Crippen molar-refractivity contribution in [2.24, 2.45) is 0 Å². The second-order valence-electron chi connectivity index (χ2n) is 5.71. The Hall–Kier alpha value is -1.59. The minimum atomic E-state index is -0.00764. The molecule has 1 aliphatic rings. The second-order valence-corrected chi connectivity index (χ2v) is 5.71. The molecule has 1 heterocycles. The van der Waals surface area contributed by atoms with Crippen LogP contribution in [0.25, 0.3) is 0 Å². The molecule has 0 saturated carbocycles. The molecule has 116 valence electrons. The van der Waals surface area contributed by atoms with E-state index >= 15 is 0 Å². The van der Waals surface area contributed by atoms with Gasteiger partial charge in [0, 0.05) is 17.8 Å². The lowest BCUT2D eigenvalue weighted by molar-refractivity contribution is -0.115. The van der Waals surface area contributed by atoms with Crippen LogP contribution in [-0.2, 0) is 4.79 Å². The number of carbonyl (C=O) groups excluding carboxylic acids is 1. The molecule has 0 spiro atoms. The fourth-order valence-electron chi connectivity index (χ4n) is 2.59. The summed E-state index contributed by atoms with van der Waals surface area (Å²) in [6.07, 6.45) is 2.18. The van der Waals surface area contributed by atoms with Crippen molar-refractivity contribution in [3.8, 4) is 5.75 Å². The van der Waals surface area contributed by atoms with E-state index in [1.165, 1.54) is 0 Å². The number of anilines is 1. The molecule has 5 heteroatoms. The van der Waals surface area contributed by atoms with Crippen molar-refractivity contribution in [1.82, 2.24) is 10.2 Å². The molecule has 1 aliphatic heterocycles. The largest absolute Gasteiger partial charge is 0.497 e. The van der Waals surface area contributed by atoms with E-state index < -0.39 is 0 Å². The van der Waals surface area contributed by atoms with Gasteiger partial charge in [0.25, 0.3) is 0 Å². The number of benzene rings is 1. The van der Waals surface area contributed by atoms with Crippen LogP contribution in [-0.4, -0.2) is 50.1 Å². The average molecular weight is 291 g/mol. The predicted molar refractivity (Wildman–Crippen MR) is 84.7 cm³/mol. The lowest BCUT2D eigenvalue weighted by Crippen LogP contribution is -2.47. The van der Waals surface area contributed by atoms with E-state index in [9.17, 15) is 4.79 Å². The second kappa shape index (κ2) is 7.43. The number of ether oxygens (including phenoxy) is 1. The third-order valence-corrected chi connectivity index (χ3v) is 4.13. The van der Waals surface area contributed by atoms with Crippen LogP contribution in [0.1, 0.15) is 19.8 Å². The van der Waals surface area contributed by atoms with Crippen LogP contribution in [0.3, 0.4) is 0 Å². The molecule has 0 radical (unpaired) electrons. The van der Waals surface area contributed by atoms with Crippen molar-refractivity contribution < 1.29 is 9.53 Å². The number of rotatable bonds is 5. The molecule has 2 atom stereocenters. The van der Waals surface area contributed by atoms with Crippen molar-refractivity contribution in [3.63, 3.8) is 0 Å². The molecular weight excluding hydrogens is 266 g/mol. The molecule has 5 nitrogen and oxygen atoms in total. The van der Waals surface area contributed by atoms with E-state index in [1.54, 1.807) is 7.11 Å². The van der Waals surface area contributed by atoms with Crippen LogP contribution < -0.4 is 15.4 Å². The average Bonchev–Trinajstić information content (AvgIpc) is 2.49. The predicted octanol–water partition coefficient (Wildman–Crippen LogP) is 1.71. The Morgan fingerprint density at radius 1 is 1.38 bits per heavy atom. The third kappa shape index (κ3) is 4.72. The van der Waals surface area contributed by atoms with Gasteiger partial charge < -0.3 is 20.3 Å². The number of methoxy groups -OCH3 is 1. The first-order valence-electron chi connectivity index (χ1n) is 7.46. The summed E-state index contributed by atoms with van der Waals surface area (Å²) in [5, 5.41) is 6.24. The van der Waals surface area contributed by atoms with E-state index in [4.69, 9.17) is 4.74 Å². The maximum absolute atomic E-state index is 11.9. The van der Waals surface area contributed by atoms with Crippen molar-refractivity contribution >= 4 is 11.6 Å². The zero-order valence-corrected chi connectivity index (χ0v) is 13.1. The topological polar surface area (TPSA) is 53.6 Å². The Kier molecular flexibility index (Phi) is 5.59. The van der Waals surface area contributed by atoms with Gasteiger partial charge in [0.05, 0.1) is 13.7 Å². The molecule has 2 unspecified atom stereocenters. The van der Waals surface area contributed by atoms with Gasteiger partial charge >= 0.3 is 0 Å². The fraction of sp³-hybridized carbons (Fsp3) is 0.562. The highest BCUT2D eigenvalue weighted by atomic mass is 16.5. The number of hydrogen-bond acceptors (Lipinski definition) is 4. The monoisotopic (exact) mass is 291 g/mol. The summed E-state index contributed by atoms with van der Waals surface area (Å²) in [5.41, 5.74) is 0.791. The number of nitrogens with one attached hydrogen (secondary N) is 2. The molecule has 2 N–H and O–H groups in total. The minimum absolute atomic E-state index is 0.00764. The quantitative estimate of drug-likeness (QED) is 0.867. The highest BCUT2D eigenvalue weighted by Crippen LogP contribution is 2.16. The Morgan fingerprint density at radius 3 is 2.71 bits per heavy atom. The zero-order chi connectivity index (χ0) is 15.2. The Balaban J connectivity index is 1.74. The summed E-state index contributed by atoms with van der Waals surface area (Å²) in [7, 11) is 3.78. The van der Waals surface area contributed by atoms with Crippen LogP contribution >= 0.6 is 0 Å². The van der Waals surface area contributed by atoms with Gasteiger partial charge in [0.2, 0.25) is 5.91 Å². The standard InChI is InChI=1S/C16H25N3O2/c1-12-10-14(8-9-19(12)2)17-11-16(20)18-13-4-6-15(21-3)7-5-13/h4-7,12,14,17H,8-11H2,1-3H3,(H,18,20). The van der Waals surface area contributed by atoms with E-state index in [0.29, 0.717) is 18.6 Å². The van der Waals surface area contributed by atoms with E-state index in [1.807, 2.05) is 24.3 Å². The molecule has 0 bridgehead atoms. The van der Waals surface area contributed by atoms with Gasteiger partial charge in [-0.05, 0) is 57.6 Å². The Bertz CT molecular complexity index is 461. The number of hydrogen-bond donors (Lipinski definition) is 2. The first-order valence-corrected chi connectivity index (χ1v) is 7.46. The number of nitrogens with zero attached hydrogens (tertiary/aromatic N) is 1. The van der Waals surface area contributed by atoms with Gasteiger partial charge in [-0.1, -0.05) is 0 Å². The zero-order valence-electron chi connectivity index (χ0n) is 13.1. The lowest BCUT2D eigenvalue weighted by atomic mass is 9.99. The van der Waals surface area contributed by atoms with Crippen LogP contribution in [0.2, 0.25) is 0 Å². The molecule has 0 aromatic heterocycles. The first kappa shape index (κ1) is 15.8. The number of piperidine rings is 1. The van der Waals surface area contributed by atoms with Crippen LogP contribution in [0.5, 0.6) is 5.75 Å². The van der Waals surface area contributed by atoms with Gasteiger partial charge in [0.1, 0.15) is 5.75 Å². The molecular formula is C16H25N3O2. The van der Waals surface area contributed by atoms with Gasteiger partial charge in [-0.2, -0.15) is 0 Å². The summed E-state index contributed by atoms with van der Waals surface area (Å²) >= 11 is 0. The molecule has 21 heavy (non-hydrogen) atoms. The van der Waals surface area contributed by atoms with Crippen LogP contribution in [0.15, 0.2) is 24.3 Å². The number of carbonyl (C=O) groups is 1. The summed E-state index contributed by atoms with van der Waals surface area (Å²) in [6, 6.07) is 8.35.